The van der Waals surface area contributed by atoms with Crippen LogP contribution in [0.2, 0.25) is 0 Å². The predicted molar refractivity (Wildman–Crippen MR) is 340 cm³/mol. The molecule has 12 aromatic rings. The molecule has 0 aliphatic carbocycles. The van der Waals surface area contributed by atoms with Crippen LogP contribution in [0.15, 0.2) is 303 Å². The van der Waals surface area contributed by atoms with Crippen LogP contribution in [0.3, 0.4) is 0 Å². The van der Waals surface area contributed by atoms with E-state index in [1.807, 2.05) is 109 Å². The number of hydrogen-bond acceptors (Lipinski definition) is 20. The van der Waals surface area contributed by atoms with Crippen LogP contribution in [0.25, 0.3) is 43.1 Å². The normalized spacial score (nSPS) is 12.1. The van der Waals surface area contributed by atoms with Gasteiger partial charge in [0.2, 0.25) is 0 Å². The summed E-state index contributed by atoms with van der Waals surface area (Å²) in [5.41, 5.74) is 5.37. The van der Waals surface area contributed by atoms with E-state index in [4.69, 9.17) is 0 Å². The van der Waals surface area contributed by atoms with Crippen molar-refractivity contribution in [1.29, 1.82) is 0 Å². The fourth-order valence-corrected chi connectivity index (χ4v) is 12.1. The number of anilines is 4. The number of rotatable bonds is 16. The van der Waals surface area contributed by atoms with Gasteiger partial charge in [0, 0.05) is 65.8 Å². The maximum absolute atomic E-state index is 12.2. The third-order valence-electron chi connectivity index (χ3n) is 13.7. The maximum Gasteiger partial charge on any atom is 1.00 e. The number of benzene rings is 12. The fraction of sp³-hybridized carbons (Fsp3) is 0. The largest absolute Gasteiger partial charge is 1.00 e. The second kappa shape index (κ2) is 28.9. The van der Waals surface area contributed by atoms with Crippen molar-refractivity contribution >= 4 is 152 Å². The van der Waals surface area contributed by atoms with Crippen LogP contribution in [-0.2, 0) is 40.5 Å². The smallest absolute Gasteiger partial charge is 0.744 e. The van der Waals surface area contributed by atoms with Crippen molar-refractivity contribution in [2.24, 2.45) is 40.9 Å². The minimum absolute atomic E-state index is 0. The Morgan fingerprint density at radius 3 is 0.880 bits per heavy atom. The molecule has 0 aliphatic heterocycles. The first-order valence-electron chi connectivity index (χ1n) is 26.7. The van der Waals surface area contributed by atoms with Crippen LogP contribution < -0.4 is 69.7 Å². The third-order valence-corrected chi connectivity index (χ3v) is 17.1. The van der Waals surface area contributed by atoms with E-state index in [0.29, 0.717) is 89.2 Å². The van der Waals surface area contributed by atoms with Crippen molar-refractivity contribution in [3.63, 3.8) is 0 Å². The van der Waals surface area contributed by atoms with Crippen LogP contribution >= 0.6 is 0 Å². The summed E-state index contributed by atoms with van der Waals surface area (Å²) >= 11 is 0. The minimum atomic E-state index is -4.82. The average molecular weight is 1320 g/mol. The first kappa shape index (κ1) is 67.7. The van der Waals surface area contributed by atoms with Crippen LogP contribution in [0, 0.1) is 0 Å². The third kappa shape index (κ3) is 16.0. The summed E-state index contributed by atoms with van der Waals surface area (Å²) in [6.07, 6.45) is 0. The minimum Gasteiger partial charge on any atom is -0.744 e. The Morgan fingerprint density at radius 1 is 0.293 bits per heavy atom. The molecule has 0 amide bonds. The van der Waals surface area contributed by atoms with Gasteiger partial charge in [0.1, 0.15) is 20.2 Å². The molecule has 0 aromatic heterocycles. The summed E-state index contributed by atoms with van der Waals surface area (Å²) in [6, 6.07) is 66.0. The van der Waals surface area contributed by atoms with E-state index in [1.165, 1.54) is 60.7 Å². The first-order valence-corrected chi connectivity index (χ1v) is 32.4. The van der Waals surface area contributed by atoms with Crippen molar-refractivity contribution in [1.82, 2.24) is 0 Å². The monoisotopic (exact) mass is 1320 g/mol. The molecule has 0 atom stereocenters. The molecule has 0 saturated heterocycles. The second-order valence-corrected chi connectivity index (χ2v) is 25.1. The fourth-order valence-electron chi connectivity index (χ4n) is 9.60. The summed E-state index contributed by atoms with van der Waals surface area (Å²) in [5, 5.41) is 45.1. The van der Waals surface area contributed by atoms with Gasteiger partial charge in [-0.2, -0.15) is 27.1 Å². The van der Waals surface area contributed by atoms with Gasteiger partial charge in [0.15, 0.2) is 0 Å². The molecule has 12 rings (SSSR count). The van der Waals surface area contributed by atoms with Gasteiger partial charge < -0.3 is 19.7 Å². The van der Waals surface area contributed by atoms with Crippen molar-refractivity contribution in [3.8, 4) is 0 Å². The Balaban J connectivity index is 0.000000213. The predicted octanol–water partition coefficient (Wildman–Crippen LogP) is 11.4. The van der Waals surface area contributed by atoms with Gasteiger partial charge in [-0.1, -0.05) is 121 Å². The summed E-state index contributed by atoms with van der Waals surface area (Å²) < 4.78 is 138. The molecule has 0 radical (unpaired) electrons. The number of para-hydroxylation sites is 2. The van der Waals surface area contributed by atoms with E-state index >= 15 is 0 Å². The SMILES string of the molecule is O=S(=O)([O-])c1cccc2c(N=Nc3ccc(N=Nc4cccc(S(=O)(=O)O)c4)c4ccccc34)ccc(Nc3ccccc3)c12.O=S(=O)([O-])c1cccc2c(N=Nc3ccc(N=Nc4cccc(S(=O)(=O)O)c4)c4ccccc34)ccc(Nc3ccccc3)c12.[Na+].[Na+]. The number of hydrogen-bond donors (Lipinski definition) is 4. The zero-order chi connectivity index (χ0) is 63.2. The van der Waals surface area contributed by atoms with Gasteiger partial charge in [-0.05, 0) is 121 Å². The average Bonchev–Trinajstić information content (AvgIpc) is 0.781. The van der Waals surface area contributed by atoms with E-state index in [9.17, 15) is 51.9 Å². The molecule has 4 N–H and O–H groups in total. The molecule has 0 aliphatic rings. The van der Waals surface area contributed by atoms with E-state index in [-0.39, 0.29) is 101 Å². The molecule has 92 heavy (non-hydrogen) atoms. The first-order chi connectivity index (χ1) is 43.2. The molecule has 0 spiro atoms. The van der Waals surface area contributed by atoms with Crippen molar-refractivity contribution < 1.29 is 111 Å². The Morgan fingerprint density at radius 2 is 0.565 bits per heavy atom. The van der Waals surface area contributed by atoms with Gasteiger partial charge in [0.25, 0.3) is 20.2 Å². The van der Waals surface area contributed by atoms with Crippen molar-refractivity contribution in [2.75, 3.05) is 10.6 Å². The topological polar surface area (TPSA) is 346 Å². The molecule has 448 valence electrons. The second-order valence-electron chi connectivity index (χ2n) is 19.6. The van der Waals surface area contributed by atoms with Crippen LogP contribution in [0.5, 0.6) is 0 Å². The summed E-state index contributed by atoms with van der Waals surface area (Å²) in [6.45, 7) is 0. The zero-order valence-corrected chi connectivity index (χ0v) is 55.5. The zero-order valence-electron chi connectivity index (χ0n) is 48.3. The molecule has 0 heterocycles. The molecule has 12 aromatic carbocycles. The Labute approximate surface area is 571 Å². The van der Waals surface area contributed by atoms with E-state index in [0.717, 1.165) is 0 Å². The number of nitrogens with zero attached hydrogens (tertiary/aromatic N) is 8. The molecule has 28 heteroatoms. The molecule has 0 saturated carbocycles. The molecular weight excluding hydrogens is 1280 g/mol. The van der Waals surface area contributed by atoms with Crippen LogP contribution in [-0.4, -0.2) is 51.9 Å². The van der Waals surface area contributed by atoms with Crippen LogP contribution in [0.4, 0.5) is 68.2 Å². The Kier molecular flexibility index (Phi) is 21.2. The molecule has 0 unspecified atom stereocenters. The summed E-state index contributed by atoms with van der Waals surface area (Å²) in [4.78, 5) is -1.34. The summed E-state index contributed by atoms with van der Waals surface area (Å²) in [7, 11) is -18.4. The molecular formula is C64H44N10Na2O12S4. The number of nitrogens with one attached hydrogen (secondary N) is 2. The standard InChI is InChI=1S/2C32H23N5O6S2.2Na/c2*38-44(39,40)23-11-6-10-22(20-23)34-35-27-16-17-28(25-13-5-4-12-24(25)27)36-37-29-18-19-30(33-21-8-2-1-3-9-21)32-26(29)14-7-15-31(32)45(41,42)43;;/h2*1-20,33H,(H,38,39,40)(H,41,42,43);;/q;;2*+1/p-2. The molecule has 0 fully saturated rings. The van der Waals surface area contributed by atoms with E-state index in [2.05, 4.69) is 51.5 Å². The molecule has 0 bridgehead atoms. The van der Waals surface area contributed by atoms with Gasteiger partial charge >= 0.3 is 59.1 Å². The van der Waals surface area contributed by atoms with Gasteiger partial charge in [-0.15, -0.1) is 30.7 Å². The molecule has 22 nitrogen and oxygen atoms in total. The van der Waals surface area contributed by atoms with Gasteiger partial charge in [-0.25, -0.2) is 16.8 Å². The summed E-state index contributed by atoms with van der Waals surface area (Å²) in [5.74, 6) is 0. The van der Waals surface area contributed by atoms with Crippen molar-refractivity contribution in [2.45, 2.75) is 19.6 Å². The van der Waals surface area contributed by atoms with Crippen molar-refractivity contribution in [3.05, 3.63) is 243 Å². The van der Waals surface area contributed by atoms with Gasteiger partial charge in [-0.3, -0.25) is 9.11 Å². The van der Waals surface area contributed by atoms with E-state index < -0.39 is 40.5 Å². The quantitative estimate of drug-likeness (QED) is 0.0397. The number of fused-ring (bicyclic) bond motifs is 4. The van der Waals surface area contributed by atoms with Gasteiger partial charge in [0.05, 0.1) is 65.1 Å². The Hall–Kier alpha value is -8.68. The van der Waals surface area contributed by atoms with Crippen LogP contribution in [0.1, 0.15) is 0 Å². The maximum atomic E-state index is 12.2. The Bertz CT molecular complexity index is 5070. The number of azo groups is 4. The van der Waals surface area contributed by atoms with E-state index in [1.54, 1.807) is 72.8 Å².